The molecule has 0 bridgehead atoms. The van der Waals surface area contributed by atoms with Crippen LogP contribution in [0.5, 0.6) is 0 Å². The Morgan fingerprint density at radius 2 is 1.55 bits per heavy atom. The predicted octanol–water partition coefficient (Wildman–Crippen LogP) is 2.82. The number of nitrogens with one attached hydrogen (secondary N) is 2. The van der Waals surface area contributed by atoms with Crippen molar-refractivity contribution in [2.75, 3.05) is 27.2 Å². The van der Waals surface area contributed by atoms with Gasteiger partial charge < -0.3 is 10.6 Å². The number of rotatable bonds is 3. The van der Waals surface area contributed by atoms with Gasteiger partial charge in [-0.2, -0.15) is 13.2 Å². The Labute approximate surface area is 164 Å². The van der Waals surface area contributed by atoms with E-state index in [4.69, 9.17) is 0 Å². The molecule has 1 fully saturated rings. The summed E-state index contributed by atoms with van der Waals surface area (Å²) in [5.41, 5.74) is -0.288. The maximum absolute atomic E-state index is 12.6. The Balaban J connectivity index is 1.66. The molecule has 0 spiro atoms. The second kappa shape index (κ2) is 7.74. The fourth-order valence-electron chi connectivity index (χ4n) is 2.79. The molecule has 29 heavy (non-hydrogen) atoms. The summed E-state index contributed by atoms with van der Waals surface area (Å²) in [6.07, 6.45) is -4.01. The molecule has 0 aliphatic carbocycles. The molecule has 2 N–H and O–H groups in total. The zero-order valence-electron chi connectivity index (χ0n) is 14.9. The number of nitrogens with zero attached hydrogens (tertiary/aromatic N) is 1. The standard InChI is InChI=1S/C18H16F3N3O4S/c19-18(20,21)12-5-7-13(8-6-12)22-16(25)17(26)23-14-3-1-4-15(11-14)24-9-2-10-29(24,27)28/h1,3-8,11H,2,9-10H2,(H,22,25)(H,23,26). The molecule has 0 atom stereocenters. The summed E-state index contributed by atoms with van der Waals surface area (Å²) in [6, 6.07) is 9.65. The van der Waals surface area contributed by atoms with Crippen LogP contribution in [0, 0.1) is 0 Å². The van der Waals surface area contributed by atoms with Crippen molar-refractivity contribution in [3.05, 3.63) is 54.1 Å². The number of amides is 2. The van der Waals surface area contributed by atoms with Crippen LogP contribution in [-0.2, 0) is 25.8 Å². The minimum atomic E-state index is -4.51. The van der Waals surface area contributed by atoms with E-state index >= 15 is 0 Å². The van der Waals surface area contributed by atoms with Crippen LogP contribution in [0.2, 0.25) is 0 Å². The van der Waals surface area contributed by atoms with Gasteiger partial charge in [0.1, 0.15) is 0 Å². The van der Waals surface area contributed by atoms with Crippen molar-refractivity contribution in [1.29, 1.82) is 0 Å². The van der Waals surface area contributed by atoms with E-state index in [0.29, 0.717) is 18.7 Å². The zero-order valence-corrected chi connectivity index (χ0v) is 15.7. The number of halogens is 3. The molecule has 2 aromatic rings. The summed E-state index contributed by atoms with van der Waals surface area (Å²) in [5.74, 6) is -2.09. The highest BCUT2D eigenvalue weighted by Gasteiger charge is 2.30. The second-order valence-electron chi connectivity index (χ2n) is 6.28. The van der Waals surface area contributed by atoms with Gasteiger partial charge in [-0.3, -0.25) is 13.9 Å². The van der Waals surface area contributed by atoms with E-state index in [1.165, 1.54) is 22.5 Å². The molecule has 2 amide bonds. The highest BCUT2D eigenvalue weighted by atomic mass is 32.2. The summed E-state index contributed by atoms with van der Waals surface area (Å²) in [4.78, 5) is 24.1. The van der Waals surface area contributed by atoms with E-state index in [1.54, 1.807) is 6.07 Å². The molecule has 11 heteroatoms. The third-order valence-corrected chi connectivity index (χ3v) is 6.04. The normalized spacial score (nSPS) is 15.8. The fraction of sp³-hybridized carbons (Fsp3) is 0.222. The Bertz CT molecular complexity index is 1040. The first-order valence-corrected chi connectivity index (χ1v) is 10.1. The maximum Gasteiger partial charge on any atom is 0.416 e. The van der Waals surface area contributed by atoms with Gasteiger partial charge in [-0.15, -0.1) is 0 Å². The van der Waals surface area contributed by atoms with Crippen molar-refractivity contribution in [3.63, 3.8) is 0 Å². The van der Waals surface area contributed by atoms with Crippen LogP contribution < -0.4 is 14.9 Å². The third kappa shape index (κ3) is 4.86. The molecule has 0 aromatic heterocycles. The number of carbonyl (C=O) groups excluding carboxylic acids is 2. The molecule has 1 aliphatic heterocycles. The number of sulfonamides is 1. The number of anilines is 3. The summed E-state index contributed by atoms with van der Waals surface area (Å²) in [7, 11) is -3.40. The quantitative estimate of drug-likeness (QED) is 0.737. The average molecular weight is 427 g/mol. The fourth-order valence-corrected chi connectivity index (χ4v) is 4.34. The van der Waals surface area contributed by atoms with Crippen LogP contribution in [0.4, 0.5) is 30.2 Å². The minimum Gasteiger partial charge on any atom is -0.318 e. The lowest BCUT2D eigenvalue weighted by Crippen LogP contribution is -2.29. The molecule has 1 aliphatic rings. The van der Waals surface area contributed by atoms with E-state index in [-0.39, 0.29) is 17.1 Å². The lowest BCUT2D eigenvalue weighted by molar-refractivity contribution is -0.137. The number of carbonyl (C=O) groups is 2. The average Bonchev–Trinajstić information content (AvgIpc) is 3.00. The molecular formula is C18H16F3N3O4S. The molecule has 2 aromatic carbocycles. The predicted molar refractivity (Wildman–Crippen MR) is 101 cm³/mol. The van der Waals surface area contributed by atoms with Crippen molar-refractivity contribution in [3.8, 4) is 0 Å². The van der Waals surface area contributed by atoms with E-state index in [1.807, 2.05) is 0 Å². The summed E-state index contributed by atoms with van der Waals surface area (Å²) in [5, 5.41) is 4.54. The van der Waals surface area contributed by atoms with Gasteiger partial charge in [0.15, 0.2) is 0 Å². The molecule has 0 saturated carbocycles. The zero-order chi connectivity index (χ0) is 21.2. The van der Waals surface area contributed by atoms with Crippen LogP contribution in [0.3, 0.4) is 0 Å². The van der Waals surface area contributed by atoms with Crippen molar-refractivity contribution in [2.45, 2.75) is 12.6 Å². The summed E-state index contributed by atoms with van der Waals surface area (Å²) in [6.45, 7) is 0.328. The first-order chi connectivity index (χ1) is 13.6. The van der Waals surface area contributed by atoms with Crippen LogP contribution in [0.25, 0.3) is 0 Å². The topological polar surface area (TPSA) is 95.6 Å². The minimum absolute atomic E-state index is 0.0232. The van der Waals surface area contributed by atoms with Gasteiger partial charge in [0.2, 0.25) is 10.0 Å². The summed E-state index contributed by atoms with van der Waals surface area (Å²) < 4.78 is 62.9. The van der Waals surface area contributed by atoms with Gasteiger partial charge in [-0.05, 0) is 48.9 Å². The van der Waals surface area contributed by atoms with Crippen LogP contribution >= 0.6 is 0 Å². The van der Waals surface area contributed by atoms with Crippen molar-refractivity contribution in [2.24, 2.45) is 0 Å². The monoisotopic (exact) mass is 427 g/mol. The van der Waals surface area contributed by atoms with Gasteiger partial charge in [0.05, 0.1) is 17.0 Å². The van der Waals surface area contributed by atoms with E-state index in [9.17, 15) is 31.2 Å². The Morgan fingerprint density at radius 3 is 2.10 bits per heavy atom. The highest BCUT2D eigenvalue weighted by molar-refractivity contribution is 7.93. The molecule has 1 saturated heterocycles. The van der Waals surface area contributed by atoms with Gasteiger partial charge in [0.25, 0.3) is 0 Å². The Kier molecular flexibility index (Phi) is 5.51. The molecular weight excluding hydrogens is 411 g/mol. The first-order valence-electron chi connectivity index (χ1n) is 8.46. The Hall–Kier alpha value is -3.08. The Morgan fingerprint density at radius 1 is 0.931 bits per heavy atom. The van der Waals surface area contributed by atoms with Gasteiger partial charge in [0, 0.05) is 17.9 Å². The van der Waals surface area contributed by atoms with Crippen molar-refractivity contribution in [1.82, 2.24) is 0 Å². The van der Waals surface area contributed by atoms with Crippen molar-refractivity contribution >= 4 is 38.9 Å². The maximum atomic E-state index is 12.6. The molecule has 0 unspecified atom stereocenters. The smallest absolute Gasteiger partial charge is 0.318 e. The lowest BCUT2D eigenvalue weighted by atomic mass is 10.2. The summed E-state index contributed by atoms with van der Waals surface area (Å²) >= 11 is 0. The molecule has 1 heterocycles. The number of hydrogen-bond acceptors (Lipinski definition) is 4. The van der Waals surface area contributed by atoms with E-state index in [0.717, 1.165) is 24.3 Å². The number of benzene rings is 2. The highest BCUT2D eigenvalue weighted by Crippen LogP contribution is 2.30. The van der Waals surface area contributed by atoms with Gasteiger partial charge in [-0.1, -0.05) is 6.07 Å². The second-order valence-corrected chi connectivity index (χ2v) is 8.29. The van der Waals surface area contributed by atoms with Crippen LogP contribution in [0.15, 0.2) is 48.5 Å². The van der Waals surface area contributed by atoms with Crippen LogP contribution in [-0.4, -0.2) is 32.5 Å². The molecule has 3 rings (SSSR count). The first kappa shape index (κ1) is 20.6. The lowest BCUT2D eigenvalue weighted by Gasteiger charge is -2.17. The number of hydrogen-bond donors (Lipinski definition) is 2. The molecule has 154 valence electrons. The third-order valence-electron chi connectivity index (χ3n) is 4.17. The van der Waals surface area contributed by atoms with Crippen LogP contribution in [0.1, 0.15) is 12.0 Å². The SMILES string of the molecule is O=C(Nc1ccc(C(F)(F)F)cc1)C(=O)Nc1cccc(N2CCCS2(=O)=O)c1. The van der Waals surface area contributed by atoms with E-state index < -0.39 is 33.6 Å². The largest absolute Gasteiger partial charge is 0.416 e. The van der Waals surface area contributed by atoms with E-state index in [2.05, 4.69) is 10.6 Å². The van der Waals surface area contributed by atoms with Gasteiger partial charge >= 0.3 is 18.0 Å². The van der Waals surface area contributed by atoms with Gasteiger partial charge in [-0.25, -0.2) is 8.42 Å². The molecule has 0 radical (unpaired) electrons. The number of alkyl halides is 3. The molecule has 7 nitrogen and oxygen atoms in total. The van der Waals surface area contributed by atoms with Crippen molar-refractivity contribution < 1.29 is 31.2 Å².